The lowest BCUT2D eigenvalue weighted by molar-refractivity contribution is 0.239. The van der Waals surface area contributed by atoms with E-state index in [4.69, 9.17) is 9.84 Å². The van der Waals surface area contributed by atoms with Gasteiger partial charge < -0.3 is 14.7 Å². The molecule has 1 heterocycles. The van der Waals surface area contributed by atoms with Gasteiger partial charge in [0, 0.05) is 19.7 Å². The maximum Gasteiger partial charge on any atom is 0.119 e. The Labute approximate surface area is 122 Å². The minimum absolute atomic E-state index is 0.328. The smallest absolute Gasteiger partial charge is 0.119 e. The number of aliphatic hydroxyl groups excluding tert-OH is 1. The topological polar surface area (TPSA) is 32.7 Å². The summed E-state index contributed by atoms with van der Waals surface area (Å²) >= 11 is 0. The van der Waals surface area contributed by atoms with Crippen molar-refractivity contribution < 1.29 is 9.84 Å². The number of hydrogen-bond donors (Lipinski definition) is 1. The largest absolute Gasteiger partial charge is 0.494 e. The Morgan fingerprint density at radius 1 is 1.25 bits per heavy atom. The Bertz CT molecular complexity index is 399. The molecule has 0 aromatic heterocycles. The van der Waals surface area contributed by atoms with Crippen molar-refractivity contribution in [3.63, 3.8) is 0 Å². The molecule has 0 amide bonds. The third kappa shape index (κ3) is 4.80. The number of rotatable bonds is 7. The lowest BCUT2D eigenvalue weighted by Gasteiger charge is -2.16. The van der Waals surface area contributed by atoms with Gasteiger partial charge in [-0.05, 0) is 68.8 Å². The number of aliphatic hydroxyl groups is 1. The van der Waals surface area contributed by atoms with Gasteiger partial charge in [-0.1, -0.05) is 6.07 Å². The Kier molecular flexibility index (Phi) is 5.86. The highest BCUT2D eigenvalue weighted by atomic mass is 16.5. The van der Waals surface area contributed by atoms with Gasteiger partial charge in [0.25, 0.3) is 0 Å². The van der Waals surface area contributed by atoms with Crippen LogP contribution in [0.3, 0.4) is 0 Å². The van der Waals surface area contributed by atoms with Gasteiger partial charge in [-0.15, -0.1) is 0 Å². The summed E-state index contributed by atoms with van der Waals surface area (Å²) in [6.45, 7) is 8.74. The van der Waals surface area contributed by atoms with E-state index in [0.29, 0.717) is 12.5 Å². The minimum Gasteiger partial charge on any atom is -0.494 e. The van der Waals surface area contributed by atoms with Crippen molar-refractivity contribution in [1.82, 2.24) is 4.90 Å². The van der Waals surface area contributed by atoms with E-state index in [-0.39, 0.29) is 0 Å². The summed E-state index contributed by atoms with van der Waals surface area (Å²) in [5.74, 6) is 1.68. The van der Waals surface area contributed by atoms with Crippen molar-refractivity contribution >= 4 is 0 Å². The number of ether oxygens (including phenoxy) is 1. The van der Waals surface area contributed by atoms with Crippen LogP contribution in [0.2, 0.25) is 0 Å². The lowest BCUT2D eigenvalue weighted by atomic mass is 10.1. The summed E-state index contributed by atoms with van der Waals surface area (Å²) in [4.78, 5) is 2.49. The zero-order chi connectivity index (χ0) is 14.4. The molecule has 112 valence electrons. The van der Waals surface area contributed by atoms with E-state index in [2.05, 4.69) is 36.9 Å². The molecule has 0 spiro atoms. The summed E-state index contributed by atoms with van der Waals surface area (Å²) in [6.07, 6.45) is 3.26. The van der Waals surface area contributed by atoms with E-state index in [1.165, 1.54) is 24.1 Å². The molecule has 1 aromatic rings. The number of nitrogens with zero attached hydrogens (tertiary/aromatic N) is 1. The molecule has 1 aliphatic rings. The van der Waals surface area contributed by atoms with E-state index in [9.17, 15) is 0 Å². The standard InChI is InChI=1S/C17H27NO2/c1-14-10-15(2)12-17(11-14)20-9-3-6-18-7-4-16(13-18)5-8-19/h10-12,16,19H,3-9,13H2,1-2H3. The molecule has 1 N–H and O–H groups in total. The Morgan fingerprint density at radius 3 is 2.70 bits per heavy atom. The second-order valence-electron chi connectivity index (χ2n) is 5.99. The Balaban J connectivity index is 1.64. The zero-order valence-corrected chi connectivity index (χ0v) is 12.8. The molecule has 2 rings (SSSR count). The molecule has 1 aromatic carbocycles. The molecule has 0 bridgehead atoms. The van der Waals surface area contributed by atoms with E-state index in [1.807, 2.05) is 0 Å². The molecule has 20 heavy (non-hydrogen) atoms. The molecule has 3 nitrogen and oxygen atoms in total. The van der Waals surface area contributed by atoms with Gasteiger partial charge >= 0.3 is 0 Å². The van der Waals surface area contributed by atoms with Gasteiger partial charge in [0.15, 0.2) is 0 Å². The first-order chi connectivity index (χ1) is 9.67. The zero-order valence-electron chi connectivity index (χ0n) is 12.8. The number of likely N-dealkylation sites (tertiary alicyclic amines) is 1. The minimum atomic E-state index is 0.328. The fraction of sp³-hybridized carbons (Fsp3) is 0.647. The van der Waals surface area contributed by atoms with Crippen LogP contribution >= 0.6 is 0 Å². The fourth-order valence-electron chi connectivity index (χ4n) is 3.03. The van der Waals surface area contributed by atoms with Crippen LogP contribution in [0.5, 0.6) is 5.75 Å². The molecular formula is C17H27NO2. The van der Waals surface area contributed by atoms with Gasteiger partial charge in [-0.25, -0.2) is 0 Å². The van der Waals surface area contributed by atoms with E-state index in [0.717, 1.165) is 38.3 Å². The van der Waals surface area contributed by atoms with Crippen molar-refractivity contribution in [3.8, 4) is 5.75 Å². The van der Waals surface area contributed by atoms with Crippen molar-refractivity contribution in [2.45, 2.75) is 33.1 Å². The predicted octanol–water partition coefficient (Wildman–Crippen LogP) is 2.78. The van der Waals surface area contributed by atoms with E-state index >= 15 is 0 Å². The average Bonchev–Trinajstić information content (AvgIpc) is 2.82. The van der Waals surface area contributed by atoms with Crippen LogP contribution in [-0.4, -0.2) is 42.9 Å². The first kappa shape index (κ1) is 15.3. The second kappa shape index (κ2) is 7.65. The molecular weight excluding hydrogens is 250 g/mol. The monoisotopic (exact) mass is 277 g/mol. The summed E-state index contributed by atoms with van der Waals surface area (Å²) in [5.41, 5.74) is 2.51. The lowest BCUT2D eigenvalue weighted by Crippen LogP contribution is -2.23. The molecule has 1 atom stereocenters. The van der Waals surface area contributed by atoms with Gasteiger partial charge in [0.2, 0.25) is 0 Å². The number of benzene rings is 1. The maximum absolute atomic E-state index is 8.96. The first-order valence-electron chi connectivity index (χ1n) is 7.71. The maximum atomic E-state index is 8.96. The van der Waals surface area contributed by atoms with E-state index < -0.39 is 0 Å². The van der Waals surface area contributed by atoms with Crippen LogP contribution in [0, 0.1) is 19.8 Å². The highest BCUT2D eigenvalue weighted by Gasteiger charge is 2.21. The van der Waals surface area contributed by atoms with Crippen LogP contribution in [-0.2, 0) is 0 Å². The molecule has 1 fully saturated rings. The summed E-state index contributed by atoms with van der Waals surface area (Å²) in [5, 5.41) is 8.96. The normalized spacial score (nSPS) is 19.4. The molecule has 1 saturated heterocycles. The molecule has 0 aliphatic carbocycles. The fourth-order valence-corrected chi connectivity index (χ4v) is 3.03. The molecule has 1 aliphatic heterocycles. The summed E-state index contributed by atoms with van der Waals surface area (Å²) in [6, 6.07) is 6.36. The Morgan fingerprint density at radius 2 is 2.00 bits per heavy atom. The number of hydrogen-bond acceptors (Lipinski definition) is 3. The summed E-state index contributed by atoms with van der Waals surface area (Å²) < 4.78 is 5.84. The molecule has 3 heteroatoms. The number of aryl methyl sites for hydroxylation is 2. The molecule has 0 saturated carbocycles. The van der Waals surface area contributed by atoms with Crippen LogP contribution in [0.15, 0.2) is 18.2 Å². The van der Waals surface area contributed by atoms with Gasteiger partial charge in [0.05, 0.1) is 6.61 Å². The van der Waals surface area contributed by atoms with Crippen molar-refractivity contribution in [1.29, 1.82) is 0 Å². The van der Waals surface area contributed by atoms with Crippen LogP contribution in [0.1, 0.15) is 30.4 Å². The summed E-state index contributed by atoms with van der Waals surface area (Å²) in [7, 11) is 0. The Hall–Kier alpha value is -1.06. The molecule has 1 unspecified atom stereocenters. The SMILES string of the molecule is Cc1cc(C)cc(OCCCN2CCC(CCO)C2)c1. The van der Waals surface area contributed by atoms with Crippen LogP contribution < -0.4 is 4.74 Å². The van der Waals surface area contributed by atoms with Crippen LogP contribution in [0.4, 0.5) is 0 Å². The quantitative estimate of drug-likeness (QED) is 0.778. The average molecular weight is 277 g/mol. The van der Waals surface area contributed by atoms with E-state index in [1.54, 1.807) is 0 Å². The van der Waals surface area contributed by atoms with Gasteiger partial charge in [-0.3, -0.25) is 0 Å². The first-order valence-corrected chi connectivity index (χ1v) is 7.71. The molecule has 0 radical (unpaired) electrons. The highest BCUT2D eigenvalue weighted by Crippen LogP contribution is 2.19. The third-order valence-electron chi connectivity index (χ3n) is 3.99. The third-order valence-corrected chi connectivity index (χ3v) is 3.99. The van der Waals surface area contributed by atoms with Gasteiger partial charge in [0.1, 0.15) is 5.75 Å². The van der Waals surface area contributed by atoms with Crippen molar-refractivity contribution in [3.05, 3.63) is 29.3 Å². The van der Waals surface area contributed by atoms with Crippen molar-refractivity contribution in [2.75, 3.05) is 32.8 Å². The van der Waals surface area contributed by atoms with Crippen LogP contribution in [0.25, 0.3) is 0 Å². The second-order valence-corrected chi connectivity index (χ2v) is 5.99. The predicted molar refractivity (Wildman–Crippen MR) is 82.3 cm³/mol. The van der Waals surface area contributed by atoms with Crippen molar-refractivity contribution in [2.24, 2.45) is 5.92 Å². The van der Waals surface area contributed by atoms with Gasteiger partial charge in [-0.2, -0.15) is 0 Å². The highest BCUT2D eigenvalue weighted by molar-refractivity contribution is 5.32.